The Balaban J connectivity index is 1.58. The van der Waals surface area contributed by atoms with Crippen molar-refractivity contribution in [3.63, 3.8) is 0 Å². The molecular formula is C12H13N5S. The Morgan fingerprint density at radius 3 is 3.22 bits per heavy atom. The minimum Gasteiger partial charge on any atom is -0.369 e. The van der Waals surface area contributed by atoms with Gasteiger partial charge in [-0.2, -0.15) is 5.10 Å². The number of aromatic nitrogens is 4. The van der Waals surface area contributed by atoms with Gasteiger partial charge >= 0.3 is 0 Å². The van der Waals surface area contributed by atoms with Crippen molar-refractivity contribution in [2.75, 3.05) is 11.9 Å². The first-order valence-corrected chi connectivity index (χ1v) is 6.71. The maximum atomic E-state index is 4.28. The van der Waals surface area contributed by atoms with Crippen LogP contribution in [0.5, 0.6) is 0 Å². The summed E-state index contributed by atoms with van der Waals surface area (Å²) in [5, 5.41) is 10.7. The molecule has 0 saturated carbocycles. The molecule has 0 aliphatic rings. The van der Waals surface area contributed by atoms with E-state index in [2.05, 4.69) is 26.4 Å². The standard InChI is InChI=1S/C12H13N5S/c1(6-17-7-2-5-16-17)4-13-11-10-3-8-18-12(10)15-9-14-11/h2-3,5,7-9H,1,4,6H2,(H,13,14,15). The second kappa shape index (κ2) is 5.14. The van der Waals surface area contributed by atoms with Crippen LogP contribution in [0.4, 0.5) is 5.82 Å². The Hall–Kier alpha value is -1.95. The lowest BCUT2D eigenvalue weighted by Gasteiger charge is -2.06. The zero-order valence-corrected chi connectivity index (χ0v) is 10.6. The Morgan fingerprint density at radius 1 is 1.33 bits per heavy atom. The van der Waals surface area contributed by atoms with E-state index in [-0.39, 0.29) is 0 Å². The Kier molecular flexibility index (Phi) is 3.18. The van der Waals surface area contributed by atoms with Crippen molar-refractivity contribution in [1.82, 2.24) is 19.7 Å². The van der Waals surface area contributed by atoms with E-state index in [9.17, 15) is 0 Å². The van der Waals surface area contributed by atoms with Crippen molar-refractivity contribution >= 4 is 27.4 Å². The highest BCUT2D eigenvalue weighted by atomic mass is 32.1. The highest BCUT2D eigenvalue weighted by Crippen LogP contribution is 2.23. The molecular weight excluding hydrogens is 246 g/mol. The lowest BCUT2D eigenvalue weighted by Crippen LogP contribution is -2.08. The molecule has 0 fully saturated rings. The number of nitrogens with one attached hydrogen (secondary N) is 1. The van der Waals surface area contributed by atoms with Crippen LogP contribution < -0.4 is 5.32 Å². The number of hydrogen-bond acceptors (Lipinski definition) is 5. The molecule has 0 aliphatic carbocycles. The molecule has 92 valence electrons. The molecule has 3 rings (SSSR count). The van der Waals surface area contributed by atoms with Crippen LogP contribution in [0, 0.1) is 0 Å². The maximum Gasteiger partial charge on any atom is 0.138 e. The Bertz CT molecular complexity index is 616. The second-order valence-electron chi connectivity index (χ2n) is 3.91. The fraction of sp³-hybridized carbons (Fsp3) is 0.250. The fourth-order valence-corrected chi connectivity index (χ4v) is 2.54. The maximum absolute atomic E-state index is 4.28. The zero-order valence-electron chi connectivity index (χ0n) is 9.78. The lowest BCUT2D eigenvalue weighted by molar-refractivity contribution is 0.591. The van der Waals surface area contributed by atoms with E-state index in [0.717, 1.165) is 35.5 Å². The molecule has 0 spiro atoms. The minimum atomic E-state index is 0.877. The minimum absolute atomic E-state index is 0.877. The quantitative estimate of drug-likeness (QED) is 0.715. The van der Waals surface area contributed by atoms with Gasteiger partial charge in [0.2, 0.25) is 0 Å². The molecule has 0 atom stereocenters. The van der Waals surface area contributed by atoms with Gasteiger partial charge in [-0.15, -0.1) is 11.3 Å². The van der Waals surface area contributed by atoms with Crippen LogP contribution in [0.1, 0.15) is 6.42 Å². The first-order valence-electron chi connectivity index (χ1n) is 5.83. The van der Waals surface area contributed by atoms with Gasteiger partial charge in [0.05, 0.1) is 5.39 Å². The number of anilines is 1. The van der Waals surface area contributed by atoms with Crippen LogP contribution >= 0.6 is 11.3 Å². The van der Waals surface area contributed by atoms with Gasteiger partial charge in [-0.3, -0.25) is 4.68 Å². The molecule has 0 aromatic carbocycles. The summed E-state index contributed by atoms with van der Waals surface area (Å²) in [6, 6.07) is 3.99. The van der Waals surface area contributed by atoms with Gasteiger partial charge in [0.15, 0.2) is 0 Å². The van der Waals surface area contributed by atoms with E-state index in [4.69, 9.17) is 0 Å². The zero-order chi connectivity index (χ0) is 12.2. The van der Waals surface area contributed by atoms with Crippen LogP contribution in [0.3, 0.4) is 0 Å². The number of aryl methyl sites for hydroxylation is 1. The fourth-order valence-electron chi connectivity index (χ4n) is 1.81. The molecule has 0 radical (unpaired) electrons. The van der Waals surface area contributed by atoms with E-state index in [1.807, 2.05) is 22.3 Å². The summed E-state index contributed by atoms with van der Waals surface area (Å²) in [5.74, 6) is 0.918. The van der Waals surface area contributed by atoms with Gasteiger partial charge < -0.3 is 5.32 Å². The van der Waals surface area contributed by atoms with Crippen LogP contribution in [-0.2, 0) is 6.54 Å². The van der Waals surface area contributed by atoms with Crippen molar-refractivity contribution in [1.29, 1.82) is 0 Å². The van der Waals surface area contributed by atoms with E-state index >= 15 is 0 Å². The number of hydrogen-bond donors (Lipinski definition) is 1. The summed E-state index contributed by atoms with van der Waals surface area (Å²) in [4.78, 5) is 9.53. The third-order valence-electron chi connectivity index (χ3n) is 2.68. The molecule has 0 unspecified atom stereocenters. The smallest absolute Gasteiger partial charge is 0.138 e. The molecule has 3 heterocycles. The monoisotopic (exact) mass is 259 g/mol. The summed E-state index contributed by atoms with van der Waals surface area (Å²) in [6.45, 7) is 1.79. The summed E-state index contributed by atoms with van der Waals surface area (Å²) in [5.41, 5.74) is 0. The molecule has 0 bridgehead atoms. The normalized spacial score (nSPS) is 10.9. The van der Waals surface area contributed by atoms with E-state index in [1.54, 1.807) is 23.9 Å². The summed E-state index contributed by atoms with van der Waals surface area (Å²) >= 11 is 1.63. The lowest BCUT2D eigenvalue weighted by atomic mass is 10.3. The summed E-state index contributed by atoms with van der Waals surface area (Å²) in [6.07, 6.45) is 6.39. The predicted molar refractivity (Wildman–Crippen MR) is 72.7 cm³/mol. The number of fused-ring (bicyclic) bond motifs is 1. The van der Waals surface area contributed by atoms with Crippen molar-refractivity contribution < 1.29 is 0 Å². The number of rotatable bonds is 5. The van der Waals surface area contributed by atoms with E-state index in [1.165, 1.54) is 0 Å². The Labute approximate surface area is 109 Å². The average molecular weight is 259 g/mol. The highest BCUT2D eigenvalue weighted by Gasteiger charge is 2.03. The number of thiophene rings is 1. The van der Waals surface area contributed by atoms with Crippen molar-refractivity contribution in [3.8, 4) is 0 Å². The molecule has 3 aromatic heterocycles. The summed E-state index contributed by atoms with van der Waals surface area (Å²) in [7, 11) is 0. The number of nitrogens with zero attached hydrogens (tertiary/aromatic N) is 4. The van der Waals surface area contributed by atoms with Crippen LogP contribution in [-0.4, -0.2) is 26.3 Å². The Morgan fingerprint density at radius 2 is 2.33 bits per heavy atom. The molecule has 0 aliphatic heterocycles. The van der Waals surface area contributed by atoms with Crippen LogP contribution in [0.25, 0.3) is 10.2 Å². The van der Waals surface area contributed by atoms with Crippen molar-refractivity contribution in [2.45, 2.75) is 13.0 Å². The third kappa shape index (κ3) is 2.33. The molecule has 1 N–H and O–H groups in total. The van der Waals surface area contributed by atoms with Gasteiger partial charge in [-0.05, 0) is 23.9 Å². The third-order valence-corrected chi connectivity index (χ3v) is 3.50. The van der Waals surface area contributed by atoms with Crippen molar-refractivity contribution in [3.05, 3.63) is 36.2 Å². The first kappa shape index (κ1) is 11.2. The van der Waals surface area contributed by atoms with E-state index < -0.39 is 0 Å². The SMILES string of the molecule is c1cnn(CCCNc2ncnc3sccc23)c1. The largest absolute Gasteiger partial charge is 0.369 e. The molecule has 0 saturated heterocycles. The molecule has 3 aromatic rings. The molecule has 18 heavy (non-hydrogen) atoms. The van der Waals surface area contributed by atoms with Crippen LogP contribution in [0.2, 0.25) is 0 Å². The van der Waals surface area contributed by atoms with Crippen LogP contribution in [0.15, 0.2) is 36.2 Å². The van der Waals surface area contributed by atoms with Gasteiger partial charge in [0.1, 0.15) is 17.0 Å². The highest BCUT2D eigenvalue weighted by molar-refractivity contribution is 7.16. The van der Waals surface area contributed by atoms with Gasteiger partial charge in [0.25, 0.3) is 0 Å². The topological polar surface area (TPSA) is 55.6 Å². The predicted octanol–water partition coefficient (Wildman–Crippen LogP) is 2.39. The van der Waals surface area contributed by atoms with Crippen molar-refractivity contribution in [2.24, 2.45) is 0 Å². The second-order valence-corrected chi connectivity index (χ2v) is 4.81. The first-order chi connectivity index (χ1) is 8.93. The van der Waals surface area contributed by atoms with Gasteiger partial charge in [-0.1, -0.05) is 0 Å². The van der Waals surface area contributed by atoms with Gasteiger partial charge in [0, 0.05) is 25.5 Å². The van der Waals surface area contributed by atoms with E-state index in [0.29, 0.717) is 0 Å². The molecule has 0 amide bonds. The average Bonchev–Trinajstić information content (AvgIpc) is 3.05. The van der Waals surface area contributed by atoms with Gasteiger partial charge in [-0.25, -0.2) is 9.97 Å². The molecule has 6 heteroatoms. The molecule has 5 nitrogen and oxygen atoms in total. The summed E-state index contributed by atoms with van der Waals surface area (Å²) < 4.78 is 1.93.